The number of benzene rings is 1. The molecule has 0 aliphatic carbocycles. The first kappa shape index (κ1) is 19.9. The van der Waals surface area contributed by atoms with Gasteiger partial charge in [0, 0.05) is 33.9 Å². The third-order valence-electron chi connectivity index (χ3n) is 4.00. The standard InChI is InChI=1S/C17H30N2O3Si/c1-5-19(15-16-9-7-6-8-10-16)13-12-18-17(20)11-14-23(4,21-2)22-3/h5-10,17-18,20H,1,11-15H2,2-4H3. The SMILES string of the molecule is C=CN(CCNC(O)CC[Si](C)(OC)OC)Cc1ccccc1. The highest BCUT2D eigenvalue weighted by Crippen LogP contribution is 2.14. The molecule has 130 valence electrons. The molecule has 0 aliphatic heterocycles. The van der Waals surface area contributed by atoms with E-state index in [0.29, 0.717) is 13.0 Å². The van der Waals surface area contributed by atoms with E-state index in [-0.39, 0.29) is 0 Å². The van der Waals surface area contributed by atoms with Crippen molar-refractivity contribution >= 4 is 8.56 Å². The van der Waals surface area contributed by atoms with Crippen LogP contribution in [0.2, 0.25) is 12.6 Å². The summed E-state index contributed by atoms with van der Waals surface area (Å²) in [5, 5.41) is 13.2. The summed E-state index contributed by atoms with van der Waals surface area (Å²) in [6, 6.07) is 11.0. The quantitative estimate of drug-likeness (QED) is 0.452. The second kappa shape index (κ2) is 10.6. The average molecular weight is 339 g/mol. The Labute approximate surface area is 141 Å². The number of hydrogen-bond donors (Lipinski definition) is 2. The molecule has 2 N–H and O–H groups in total. The number of hydrogen-bond acceptors (Lipinski definition) is 5. The van der Waals surface area contributed by atoms with Gasteiger partial charge in [-0.25, -0.2) is 0 Å². The van der Waals surface area contributed by atoms with Crippen LogP contribution in [0.1, 0.15) is 12.0 Å². The fourth-order valence-electron chi connectivity index (χ4n) is 2.22. The highest BCUT2D eigenvalue weighted by Gasteiger charge is 2.29. The van der Waals surface area contributed by atoms with Gasteiger partial charge in [-0.1, -0.05) is 36.9 Å². The Balaban J connectivity index is 2.27. The van der Waals surface area contributed by atoms with Crippen molar-refractivity contribution in [2.24, 2.45) is 0 Å². The van der Waals surface area contributed by atoms with Crippen molar-refractivity contribution in [1.82, 2.24) is 10.2 Å². The van der Waals surface area contributed by atoms with Crippen molar-refractivity contribution in [1.29, 1.82) is 0 Å². The van der Waals surface area contributed by atoms with Crippen LogP contribution in [0, 0.1) is 0 Å². The van der Waals surface area contributed by atoms with E-state index in [1.807, 2.05) is 30.9 Å². The molecule has 0 bridgehead atoms. The van der Waals surface area contributed by atoms with Gasteiger partial charge in [-0.2, -0.15) is 0 Å². The van der Waals surface area contributed by atoms with Gasteiger partial charge >= 0.3 is 8.56 Å². The molecule has 0 saturated heterocycles. The van der Waals surface area contributed by atoms with Gasteiger partial charge in [-0.15, -0.1) is 0 Å². The van der Waals surface area contributed by atoms with Crippen LogP contribution >= 0.6 is 0 Å². The van der Waals surface area contributed by atoms with Crippen molar-refractivity contribution in [2.75, 3.05) is 27.3 Å². The topological polar surface area (TPSA) is 54.0 Å². The summed E-state index contributed by atoms with van der Waals surface area (Å²) in [4.78, 5) is 2.12. The lowest BCUT2D eigenvalue weighted by Crippen LogP contribution is -2.40. The summed E-state index contributed by atoms with van der Waals surface area (Å²) in [6.07, 6.45) is 1.91. The van der Waals surface area contributed by atoms with E-state index >= 15 is 0 Å². The normalized spacial score (nSPS) is 12.9. The van der Waals surface area contributed by atoms with Gasteiger partial charge in [-0.3, -0.25) is 5.32 Å². The third kappa shape index (κ3) is 7.76. The highest BCUT2D eigenvalue weighted by molar-refractivity contribution is 6.65. The van der Waals surface area contributed by atoms with Crippen molar-refractivity contribution in [3.05, 3.63) is 48.7 Å². The molecule has 1 aromatic rings. The second-order valence-electron chi connectivity index (χ2n) is 5.69. The van der Waals surface area contributed by atoms with Crippen LogP contribution in [-0.4, -0.2) is 52.1 Å². The van der Waals surface area contributed by atoms with Gasteiger partial charge in [0.1, 0.15) is 6.23 Å². The fraction of sp³-hybridized carbons (Fsp3) is 0.529. The monoisotopic (exact) mass is 338 g/mol. The van der Waals surface area contributed by atoms with Crippen molar-refractivity contribution in [2.45, 2.75) is 31.8 Å². The number of aliphatic hydroxyl groups excluding tert-OH is 1. The molecule has 5 nitrogen and oxygen atoms in total. The first-order valence-corrected chi connectivity index (χ1v) is 10.5. The van der Waals surface area contributed by atoms with E-state index in [4.69, 9.17) is 8.85 Å². The molecule has 0 saturated carbocycles. The summed E-state index contributed by atoms with van der Waals surface area (Å²) in [5.41, 5.74) is 1.25. The molecule has 6 heteroatoms. The molecule has 0 aliphatic rings. The van der Waals surface area contributed by atoms with Gasteiger partial charge in [0.15, 0.2) is 0 Å². The van der Waals surface area contributed by atoms with Gasteiger partial charge in [0.05, 0.1) is 0 Å². The zero-order chi connectivity index (χ0) is 17.1. The van der Waals surface area contributed by atoms with Crippen LogP contribution in [0.3, 0.4) is 0 Å². The Hall–Kier alpha value is -1.18. The number of nitrogens with zero attached hydrogens (tertiary/aromatic N) is 1. The van der Waals surface area contributed by atoms with Crippen molar-refractivity contribution < 1.29 is 14.0 Å². The molecule has 1 atom stereocenters. The zero-order valence-corrected chi connectivity index (χ0v) is 15.5. The highest BCUT2D eigenvalue weighted by atomic mass is 28.4. The van der Waals surface area contributed by atoms with Crippen LogP contribution < -0.4 is 5.32 Å². The molecule has 0 spiro atoms. The summed E-state index contributed by atoms with van der Waals surface area (Å²) < 4.78 is 10.8. The molecule has 0 heterocycles. The lowest BCUT2D eigenvalue weighted by Gasteiger charge is -2.25. The largest absolute Gasteiger partial charge is 0.398 e. The maximum absolute atomic E-state index is 10.0. The lowest BCUT2D eigenvalue weighted by molar-refractivity contribution is 0.124. The fourth-order valence-corrected chi connectivity index (χ4v) is 3.59. The first-order valence-electron chi connectivity index (χ1n) is 7.95. The predicted octanol–water partition coefficient (Wildman–Crippen LogP) is 2.29. The van der Waals surface area contributed by atoms with Gasteiger partial charge in [0.2, 0.25) is 0 Å². The molecule has 1 aromatic carbocycles. The molecule has 0 fully saturated rings. The van der Waals surface area contributed by atoms with Crippen LogP contribution in [0.25, 0.3) is 0 Å². The minimum absolute atomic E-state index is 0.546. The Bertz CT molecular complexity index is 441. The summed E-state index contributed by atoms with van der Waals surface area (Å²) in [6.45, 7) is 8.16. The maximum Gasteiger partial charge on any atom is 0.334 e. The van der Waals surface area contributed by atoms with Crippen molar-refractivity contribution in [3.8, 4) is 0 Å². The number of nitrogens with one attached hydrogen (secondary N) is 1. The molecule has 23 heavy (non-hydrogen) atoms. The summed E-state index contributed by atoms with van der Waals surface area (Å²) in [5.74, 6) is 0. The van der Waals surface area contributed by atoms with Crippen LogP contribution in [0.15, 0.2) is 43.1 Å². The molecule has 1 unspecified atom stereocenters. The van der Waals surface area contributed by atoms with Gasteiger partial charge in [-0.05, 0) is 30.8 Å². The second-order valence-corrected chi connectivity index (χ2v) is 9.27. The molecular formula is C17H30N2O3Si. The Morgan fingerprint density at radius 2 is 1.96 bits per heavy atom. The molecule has 0 radical (unpaired) electrons. The smallest absolute Gasteiger partial charge is 0.334 e. The van der Waals surface area contributed by atoms with Gasteiger partial charge in [0.25, 0.3) is 0 Å². The molecular weight excluding hydrogens is 308 g/mol. The van der Waals surface area contributed by atoms with Crippen LogP contribution in [0.4, 0.5) is 0 Å². The predicted molar refractivity (Wildman–Crippen MR) is 96.1 cm³/mol. The first-order chi connectivity index (χ1) is 11.0. The minimum Gasteiger partial charge on any atom is -0.398 e. The Morgan fingerprint density at radius 3 is 2.52 bits per heavy atom. The van der Waals surface area contributed by atoms with E-state index in [2.05, 4.69) is 28.9 Å². The Kier molecular flexibility index (Phi) is 9.12. The number of rotatable bonds is 12. The molecule has 1 rings (SSSR count). The van der Waals surface area contributed by atoms with Crippen LogP contribution in [-0.2, 0) is 15.4 Å². The Morgan fingerprint density at radius 1 is 1.30 bits per heavy atom. The van der Waals surface area contributed by atoms with Gasteiger partial charge < -0.3 is 18.9 Å². The average Bonchev–Trinajstić information content (AvgIpc) is 2.59. The van der Waals surface area contributed by atoms with E-state index in [1.165, 1.54) is 5.56 Å². The number of aliphatic hydroxyl groups is 1. The molecule has 0 amide bonds. The minimum atomic E-state index is -2.11. The maximum atomic E-state index is 10.0. The zero-order valence-electron chi connectivity index (χ0n) is 14.5. The summed E-state index contributed by atoms with van der Waals surface area (Å²) in [7, 11) is 1.23. The van der Waals surface area contributed by atoms with E-state index in [0.717, 1.165) is 19.1 Å². The molecule has 0 aromatic heterocycles. The van der Waals surface area contributed by atoms with E-state index in [9.17, 15) is 5.11 Å². The summed E-state index contributed by atoms with van der Waals surface area (Å²) >= 11 is 0. The third-order valence-corrected chi connectivity index (χ3v) is 6.93. The lowest BCUT2D eigenvalue weighted by atomic mass is 10.2. The van der Waals surface area contributed by atoms with Crippen molar-refractivity contribution in [3.63, 3.8) is 0 Å². The van der Waals surface area contributed by atoms with E-state index in [1.54, 1.807) is 14.2 Å². The van der Waals surface area contributed by atoms with Crippen LogP contribution in [0.5, 0.6) is 0 Å². The van der Waals surface area contributed by atoms with E-state index < -0.39 is 14.8 Å².